The molecule has 0 saturated heterocycles. The zero-order chi connectivity index (χ0) is 13.2. The van der Waals surface area contributed by atoms with E-state index in [0.717, 1.165) is 6.07 Å². The molecule has 2 heterocycles. The quantitative estimate of drug-likeness (QED) is 0.910. The third-order valence-corrected chi connectivity index (χ3v) is 2.37. The minimum atomic E-state index is -4.39. The summed E-state index contributed by atoms with van der Waals surface area (Å²) in [6.45, 7) is 0.980. The molecule has 2 aromatic rings. The molecular weight excluding hydrogens is 247 g/mol. The summed E-state index contributed by atoms with van der Waals surface area (Å²) in [5.41, 5.74) is 4.57. The largest absolute Gasteiger partial charge is 0.435 e. The van der Waals surface area contributed by atoms with Crippen molar-refractivity contribution in [3.05, 3.63) is 30.2 Å². The Bertz CT molecular complexity index is 514. The summed E-state index contributed by atoms with van der Waals surface area (Å²) >= 11 is 0. The van der Waals surface area contributed by atoms with E-state index in [1.807, 2.05) is 0 Å². The molecule has 0 bridgehead atoms. The molecule has 2 N–H and O–H groups in total. The standard InChI is InChI=1S/C10H12F3N5/c11-10(12,13)8-2-6-17(15-8)4-1-5-18-7-3-9(14)16-18/h2-3,6-7H,1,4-5H2,(H2,14,16). The minimum absolute atomic E-state index is 0.399. The van der Waals surface area contributed by atoms with Crippen molar-refractivity contribution < 1.29 is 13.2 Å². The fourth-order valence-corrected chi connectivity index (χ4v) is 1.53. The van der Waals surface area contributed by atoms with Gasteiger partial charge in [0.25, 0.3) is 0 Å². The Kier molecular flexibility index (Phi) is 3.26. The van der Waals surface area contributed by atoms with Crippen LogP contribution in [0.15, 0.2) is 24.5 Å². The lowest BCUT2D eigenvalue weighted by molar-refractivity contribution is -0.141. The molecule has 0 unspecified atom stereocenters. The maximum atomic E-state index is 12.3. The molecule has 0 radical (unpaired) electrons. The van der Waals surface area contributed by atoms with Crippen molar-refractivity contribution in [3.63, 3.8) is 0 Å². The Morgan fingerprint density at radius 1 is 1.06 bits per heavy atom. The lowest BCUT2D eigenvalue weighted by atomic mass is 10.4. The predicted molar refractivity (Wildman–Crippen MR) is 58.5 cm³/mol. The summed E-state index contributed by atoms with van der Waals surface area (Å²) in [5, 5.41) is 7.43. The van der Waals surface area contributed by atoms with Gasteiger partial charge in [-0.3, -0.25) is 9.36 Å². The zero-order valence-corrected chi connectivity index (χ0v) is 9.43. The molecule has 98 valence electrons. The molecule has 0 fully saturated rings. The van der Waals surface area contributed by atoms with E-state index < -0.39 is 11.9 Å². The number of rotatable bonds is 4. The highest BCUT2D eigenvalue weighted by molar-refractivity contribution is 5.23. The molecule has 0 aliphatic rings. The van der Waals surface area contributed by atoms with Crippen molar-refractivity contribution in [1.29, 1.82) is 0 Å². The molecule has 2 aromatic heterocycles. The van der Waals surface area contributed by atoms with Gasteiger partial charge in [0.05, 0.1) is 0 Å². The molecule has 2 rings (SSSR count). The summed E-state index contributed by atoms with van der Waals surface area (Å²) in [7, 11) is 0. The van der Waals surface area contributed by atoms with Crippen molar-refractivity contribution >= 4 is 5.82 Å². The first kappa shape index (κ1) is 12.5. The molecule has 8 heteroatoms. The number of anilines is 1. The maximum Gasteiger partial charge on any atom is 0.435 e. The van der Waals surface area contributed by atoms with E-state index >= 15 is 0 Å². The van der Waals surface area contributed by atoms with Crippen molar-refractivity contribution in [1.82, 2.24) is 19.6 Å². The van der Waals surface area contributed by atoms with Gasteiger partial charge in [-0.25, -0.2) is 0 Å². The van der Waals surface area contributed by atoms with Crippen molar-refractivity contribution in [2.24, 2.45) is 0 Å². The molecule has 0 atom stereocenters. The molecule has 0 aliphatic heterocycles. The Labute approximate surface area is 101 Å². The van der Waals surface area contributed by atoms with Crippen LogP contribution >= 0.6 is 0 Å². The van der Waals surface area contributed by atoms with Crippen LogP contribution in [0.5, 0.6) is 0 Å². The smallest absolute Gasteiger partial charge is 0.382 e. The summed E-state index contributed by atoms with van der Waals surface area (Å²) in [4.78, 5) is 0. The Morgan fingerprint density at radius 3 is 2.17 bits per heavy atom. The van der Waals surface area contributed by atoms with Crippen LogP contribution in [0.3, 0.4) is 0 Å². The SMILES string of the molecule is Nc1ccn(CCCn2ccc(C(F)(F)F)n2)n1. The topological polar surface area (TPSA) is 61.7 Å². The number of aryl methyl sites for hydroxylation is 2. The van der Waals surface area contributed by atoms with Crippen LogP contribution in [-0.4, -0.2) is 19.6 Å². The van der Waals surface area contributed by atoms with Gasteiger partial charge in [-0.15, -0.1) is 0 Å². The van der Waals surface area contributed by atoms with E-state index in [-0.39, 0.29) is 0 Å². The Morgan fingerprint density at radius 2 is 1.67 bits per heavy atom. The lowest BCUT2D eigenvalue weighted by Crippen LogP contribution is -2.09. The van der Waals surface area contributed by atoms with E-state index in [0.29, 0.717) is 25.3 Å². The first-order chi connectivity index (χ1) is 8.45. The highest BCUT2D eigenvalue weighted by Gasteiger charge is 2.33. The van der Waals surface area contributed by atoms with Crippen LogP contribution in [0.1, 0.15) is 12.1 Å². The average Bonchev–Trinajstić information content (AvgIpc) is 2.87. The number of hydrogen-bond donors (Lipinski definition) is 1. The number of aromatic nitrogens is 4. The molecule has 0 aliphatic carbocycles. The van der Waals surface area contributed by atoms with Crippen LogP contribution in [0, 0.1) is 0 Å². The van der Waals surface area contributed by atoms with Crippen LogP contribution < -0.4 is 5.73 Å². The summed E-state index contributed by atoms with van der Waals surface area (Å²) < 4.78 is 39.8. The van der Waals surface area contributed by atoms with E-state index in [2.05, 4.69) is 10.2 Å². The van der Waals surface area contributed by atoms with Crippen molar-refractivity contribution in [2.75, 3.05) is 5.73 Å². The number of nitrogens with zero attached hydrogens (tertiary/aromatic N) is 4. The van der Waals surface area contributed by atoms with Gasteiger partial charge < -0.3 is 5.73 Å². The summed E-state index contributed by atoms with van der Waals surface area (Å²) in [6.07, 6.45) is -0.721. The fourth-order valence-electron chi connectivity index (χ4n) is 1.53. The highest BCUT2D eigenvalue weighted by Crippen LogP contribution is 2.27. The van der Waals surface area contributed by atoms with Crippen LogP contribution in [0.25, 0.3) is 0 Å². The molecule has 0 amide bonds. The molecule has 0 spiro atoms. The van der Waals surface area contributed by atoms with Gasteiger partial charge in [-0.1, -0.05) is 0 Å². The van der Waals surface area contributed by atoms with Gasteiger partial charge in [-0.05, 0) is 18.6 Å². The first-order valence-corrected chi connectivity index (χ1v) is 5.35. The third-order valence-electron chi connectivity index (χ3n) is 2.37. The highest BCUT2D eigenvalue weighted by atomic mass is 19.4. The van der Waals surface area contributed by atoms with Crippen LogP contribution in [0.2, 0.25) is 0 Å². The number of alkyl halides is 3. The second-order valence-corrected chi connectivity index (χ2v) is 3.82. The average molecular weight is 259 g/mol. The predicted octanol–water partition coefficient (Wildman–Crippen LogP) is 1.77. The van der Waals surface area contributed by atoms with E-state index in [1.165, 1.54) is 10.9 Å². The van der Waals surface area contributed by atoms with E-state index in [1.54, 1.807) is 16.9 Å². The lowest BCUT2D eigenvalue weighted by Gasteiger charge is -2.03. The monoisotopic (exact) mass is 259 g/mol. The minimum Gasteiger partial charge on any atom is -0.382 e. The second-order valence-electron chi connectivity index (χ2n) is 3.82. The number of hydrogen-bond acceptors (Lipinski definition) is 3. The summed E-state index contributed by atoms with van der Waals surface area (Å²) in [6, 6.07) is 2.63. The molecule has 0 aromatic carbocycles. The Balaban J connectivity index is 1.85. The van der Waals surface area contributed by atoms with Crippen molar-refractivity contribution in [3.8, 4) is 0 Å². The van der Waals surface area contributed by atoms with E-state index in [4.69, 9.17) is 5.73 Å². The van der Waals surface area contributed by atoms with Gasteiger partial charge in [-0.2, -0.15) is 23.4 Å². The fraction of sp³-hybridized carbons (Fsp3) is 0.400. The number of nitrogens with two attached hydrogens (primary N) is 1. The van der Waals surface area contributed by atoms with E-state index in [9.17, 15) is 13.2 Å². The van der Waals surface area contributed by atoms with Gasteiger partial charge in [0.2, 0.25) is 0 Å². The second kappa shape index (κ2) is 4.71. The van der Waals surface area contributed by atoms with Gasteiger partial charge in [0.1, 0.15) is 5.82 Å². The third kappa shape index (κ3) is 3.02. The zero-order valence-electron chi connectivity index (χ0n) is 9.43. The normalized spacial score (nSPS) is 11.9. The van der Waals surface area contributed by atoms with Gasteiger partial charge >= 0.3 is 6.18 Å². The first-order valence-electron chi connectivity index (χ1n) is 5.35. The number of nitrogen functional groups attached to an aromatic ring is 1. The van der Waals surface area contributed by atoms with Gasteiger partial charge in [0.15, 0.2) is 5.69 Å². The Hall–Kier alpha value is -1.99. The van der Waals surface area contributed by atoms with Crippen LogP contribution in [0.4, 0.5) is 19.0 Å². The van der Waals surface area contributed by atoms with Crippen LogP contribution in [-0.2, 0) is 19.3 Å². The van der Waals surface area contributed by atoms with Gasteiger partial charge in [0, 0.05) is 25.5 Å². The summed E-state index contributed by atoms with van der Waals surface area (Å²) in [5.74, 6) is 0.424. The number of halogens is 3. The molecule has 5 nitrogen and oxygen atoms in total. The van der Waals surface area contributed by atoms with Crippen molar-refractivity contribution in [2.45, 2.75) is 25.7 Å². The molecule has 18 heavy (non-hydrogen) atoms. The molecule has 0 saturated carbocycles. The molecular formula is C10H12F3N5. The maximum absolute atomic E-state index is 12.3.